The lowest BCUT2D eigenvalue weighted by Gasteiger charge is -2.20. The second kappa shape index (κ2) is 7.40. The van der Waals surface area contributed by atoms with E-state index in [9.17, 15) is 8.78 Å². The molecule has 1 heterocycles. The Morgan fingerprint density at radius 3 is 2.61 bits per heavy atom. The summed E-state index contributed by atoms with van der Waals surface area (Å²) in [5, 5.41) is 5.52. The number of rotatable bonds is 7. The Balaban J connectivity index is 2.82. The van der Waals surface area contributed by atoms with Gasteiger partial charge in [-0.25, -0.2) is 8.78 Å². The standard InChI is InChI=1S/C11H17BrClF2N3/c1-3-8-11(13)9(17(2)16-8)6-18(5-4-12)7-10(14)15/h10H,3-7H2,1-2H3. The quantitative estimate of drug-likeness (QED) is 0.709. The minimum atomic E-state index is -2.35. The van der Waals surface area contributed by atoms with Crippen molar-refractivity contribution in [1.29, 1.82) is 0 Å². The fourth-order valence-electron chi connectivity index (χ4n) is 1.75. The molecule has 0 saturated carbocycles. The first-order valence-corrected chi connectivity index (χ1v) is 7.26. The van der Waals surface area contributed by atoms with E-state index in [-0.39, 0.29) is 6.54 Å². The molecule has 18 heavy (non-hydrogen) atoms. The summed E-state index contributed by atoms with van der Waals surface area (Å²) in [6.45, 7) is 2.65. The molecule has 0 unspecified atom stereocenters. The molecule has 0 aromatic carbocycles. The Bertz CT molecular complexity index is 385. The van der Waals surface area contributed by atoms with Gasteiger partial charge >= 0.3 is 0 Å². The van der Waals surface area contributed by atoms with Crippen molar-refractivity contribution in [3.63, 3.8) is 0 Å². The van der Waals surface area contributed by atoms with Crippen LogP contribution >= 0.6 is 27.5 Å². The van der Waals surface area contributed by atoms with E-state index in [1.165, 1.54) is 0 Å². The molecule has 0 amide bonds. The van der Waals surface area contributed by atoms with E-state index in [4.69, 9.17) is 11.6 Å². The summed E-state index contributed by atoms with van der Waals surface area (Å²) in [7, 11) is 1.79. The molecule has 0 saturated heterocycles. The molecular formula is C11H17BrClF2N3. The van der Waals surface area contributed by atoms with Crippen LogP contribution in [0.15, 0.2) is 0 Å². The van der Waals surface area contributed by atoms with Gasteiger partial charge in [-0.15, -0.1) is 0 Å². The first-order valence-electron chi connectivity index (χ1n) is 5.76. The van der Waals surface area contributed by atoms with E-state index >= 15 is 0 Å². The van der Waals surface area contributed by atoms with Gasteiger partial charge in [0.05, 0.1) is 23.0 Å². The van der Waals surface area contributed by atoms with Crippen molar-refractivity contribution in [2.75, 3.05) is 18.4 Å². The van der Waals surface area contributed by atoms with Crippen molar-refractivity contribution in [3.05, 3.63) is 16.4 Å². The van der Waals surface area contributed by atoms with Crippen LogP contribution in [0.2, 0.25) is 5.02 Å². The van der Waals surface area contributed by atoms with E-state index in [1.807, 2.05) is 6.92 Å². The van der Waals surface area contributed by atoms with E-state index < -0.39 is 6.43 Å². The predicted octanol–water partition coefficient (Wildman–Crippen LogP) is 3.10. The summed E-state index contributed by atoms with van der Waals surface area (Å²) in [6.07, 6.45) is -1.61. The molecule has 0 atom stereocenters. The van der Waals surface area contributed by atoms with Crippen LogP contribution in [0.5, 0.6) is 0 Å². The van der Waals surface area contributed by atoms with Crippen molar-refractivity contribution < 1.29 is 8.78 Å². The monoisotopic (exact) mass is 343 g/mol. The first-order chi connectivity index (χ1) is 8.49. The lowest BCUT2D eigenvalue weighted by molar-refractivity contribution is 0.0870. The zero-order valence-corrected chi connectivity index (χ0v) is 12.8. The zero-order valence-electron chi connectivity index (χ0n) is 10.5. The maximum Gasteiger partial charge on any atom is 0.251 e. The largest absolute Gasteiger partial charge is 0.291 e. The highest BCUT2D eigenvalue weighted by Crippen LogP contribution is 2.22. The topological polar surface area (TPSA) is 21.1 Å². The van der Waals surface area contributed by atoms with Crippen molar-refractivity contribution in [2.24, 2.45) is 7.05 Å². The molecule has 1 rings (SSSR count). The zero-order chi connectivity index (χ0) is 13.7. The van der Waals surface area contributed by atoms with Crippen LogP contribution in [0.1, 0.15) is 18.3 Å². The van der Waals surface area contributed by atoms with Gasteiger partial charge in [0.25, 0.3) is 6.43 Å². The molecule has 1 aromatic heterocycles. The highest BCUT2D eigenvalue weighted by atomic mass is 79.9. The van der Waals surface area contributed by atoms with E-state index in [0.717, 1.165) is 17.8 Å². The maximum atomic E-state index is 12.5. The third-order valence-electron chi connectivity index (χ3n) is 2.67. The van der Waals surface area contributed by atoms with Crippen molar-refractivity contribution in [3.8, 4) is 0 Å². The summed E-state index contributed by atoms with van der Waals surface area (Å²) in [5.41, 5.74) is 1.60. The van der Waals surface area contributed by atoms with Gasteiger partial charge in [-0.2, -0.15) is 5.10 Å². The molecule has 7 heteroatoms. The number of aromatic nitrogens is 2. The fraction of sp³-hybridized carbons (Fsp3) is 0.727. The van der Waals surface area contributed by atoms with Gasteiger partial charge in [-0.3, -0.25) is 9.58 Å². The summed E-state index contributed by atoms with van der Waals surface area (Å²) in [5.74, 6) is 0. The Hall–Kier alpha value is -0.200. The van der Waals surface area contributed by atoms with Crippen LogP contribution in [-0.4, -0.2) is 39.5 Å². The lowest BCUT2D eigenvalue weighted by atomic mass is 10.3. The minimum absolute atomic E-state index is 0.255. The van der Waals surface area contributed by atoms with Crippen LogP contribution in [0.25, 0.3) is 0 Å². The normalized spacial score (nSPS) is 11.8. The van der Waals surface area contributed by atoms with Crippen LogP contribution in [-0.2, 0) is 20.0 Å². The van der Waals surface area contributed by atoms with Gasteiger partial charge in [0, 0.05) is 25.5 Å². The second-order valence-corrected chi connectivity index (χ2v) is 5.17. The van der Waals surface area contributed by atoms with Crippen molar-refractivity contribution >= 4 is 27.5 Å². The first kappa shape index (κ1) is 15.9. The average molecular weight is 345 g/mol. The predicted molar refractivity (Wildman–Crippen MR) is 72.7 cm³/mol. The number of aryl methyl sites for hydroxylation is 2. The highest BCUT2D eigenvalue weighted by Gasteiger charge is 2.18. The molecule has 3 nitrogen and oxygen atoms in total. The summed E-state index contributed by atoms with van der Waals surface area (Å²) < 4.78 is 26.6. The minimum Gasteiger partial charge on any atom is -0.291 e. The average Bonchev–Trinajstić information content (AvgIpc) is 2.56. The van der Waals surface area contributed by atoms with E-state index in [1.54, 1.807) is 16.6 Å². The maximum absolute atomic E-state index is 12.5. The van der Waals surface area contributed by atoms with Gasteiger partial charge in [0.15, 0.2) is 0 Å². The van der Waals surface area contributed by atoms with Crippen LogP contribution < -0.4 is 0 Å². The van der Waals surface area contributed by atoms with Gasteiger partial charge in [0.1, 0.15) is 0 Å². The molecule has 1 aromatic rings. The van der Waals surface area contributed by atoms with Crippen molar-refractivity contribution in [1.82, 2.24) is 14.7 Å². The molecular weight excluding hydrogens is 327 g/mol. The molecule has 0 aliphatic rings. The Morgan fingerprint density at radius 1 is 1.50 bits per heavy atom. The number of nitrogens with zero attached hydrogens (tertiary/aromatic N) is 3. The molecule has 0 aliphatic carbocycles. The van der Waals surface area contributed by atoms with E-state index in [2.05, 4.69) is 21.0 Å². The third kappa shape index (κ3) is 4.17. The van der Waals surface area contributed by atoms with Crippen LogP contribution in [0.4, 0.5) is 8.78 Å². The number of alkyl halides is 3. The van der Waals surface area contributed by atoms with Gasteiger partial charge in [0.2, 0.25) is 0 Å². The molecule has 0 spiro atoms. The summed E-state index contributed by atoms with van der Waals surface area (Å²) >= 11 is 9.47. The molecule has 0 bridgehead atoms. The number of halogens is 4. The van der Waals surface area contributed by atoms with Gasteiger partial charge < -0.3 is 0 Å². The molecule has 0 radical (unpaired) electrons. The molecule has 104 valence electrons. The smallest absolute Gasteiger partial charge is 0.251 e. The van der Waals surface area contributed by atoms with E-state index in [0.29, 0.717) is 23.4 Å². The fourth-order valence-corrected chi connectivity index (χ4v) is 2.61. The molecule has 0 aliphatic heterocycles. The molecule has 0 fully saturated rings. The summed E-state index contributed by atoms with van der Waals surface area (Å²) in [6, 6.07) is 0. The molecule has 0 N–H and O–H groups in total. The SMILES string of the molecule is CCc1nn(C)c(CN(CCBr)CC(F)F)c1Cl. The number of hydrogen-bond acceptors (Lipinski definition) is 2. The van der Waals surface area contributed by atoms with Crippen molar-refractivity contribution in [2.45, 2.75) is 26.3 Å². The van der Waals surface area contributed by atoms with Gasteiger partial charge in [-0.05, 0) is 6.42 Å². The second-order valence-electron chi connectivity index (χ2n) is 4.00. The number of hydrogen-bond donors (Lipinski definition) is 0. The lowest BCUT2D eigenvalue weighted by Crippen LogP contribution is -2.31. The Labute approximate surface area is 119 Å². The highest BCUT2D eigenvalue weighted by molar-refractivity contribution is 9.09. The van der Waals surface area contributed by atoms with Crippen LogP contribution in [0, 0.1) is 0 Å². The van der Waals surface area contributed by atoms with Crippen LogP contribution in [0.3, 0.4) is 0 Å². The van der Waals surface area contributed by atoms with Gasteiger partial charge in [-0.1, -0.05) is 34.5 Å². The Morgan fingerprint density at radius 2 is 2.17 bits per heavy atom. The third-order valence-corrected chi connectivity index (χ3v) is 3.46. The summed E-state index contributed by atoms with van der Waals surface area (Å²) in [4.78, 5) is 1.67. The Kier molecular flexibility index (Phi) is 6.52.